The molecule has 8 heteroatoms. The Morgan fingerprint density at radius 2 is 1.84 bits per heavy atom. The predicted molar refractivity (Wildman–Crippen MR) is 121 cm³/mol. The van der Waals surface area contributed by atoms with Crippen LogP contribution in [0, 0.1) is 17.3 Å². The lowest BCUT2D eigenvalue weighted by Crippen LogP contribution is -2.57. The number of carbonyl (C=O) groups excluding carboxylic acids is 4. The summed E-state index contributed by atoms with van der Waals surface area (Å²) in [7, 11) is 0. The van der Waals surface area contributed by atoms with Gasteiger partial charge in [0, 0.05) is 13.1 Å². The van der Waals surface area contributed by atoms with Gasteiger partial charge in [0.2, 0.25) is 17.6 Å². The first-order chi connectivity index (χ1) is 14.3. The van der Waals surface area contributed by atoms with E-state index in [1.54, 1.807) is 4.90 Å². The van der Waals surface area contributed by atoms with Gasteiger partial charge >= 0.3 is 0 Å². The lowest BCUT2D eigenvalue weighted by atomic mass is 9.86. The fraction of sp³-hybridized carbons (Fsp3) is 0.739. The summed E-state index contributed by atoms with van der Waals surface area (Å²) in [6.45, 7) is 15.8. The van der Waals surface area contributed by atoms with E-state index in [2.05, 4.69) is 31.1 Å². The number of Topliss-reactive ketones (excluding diaryl/α,β-unsaturated/α-hetero) is 1. The van der Waals surface area contributed by atoms with Gasteiger partial charge in [-0.2, -0.15) is 0 Å². The molecule has 2 unspecified atom stereocenters. The molecule has 0 bridgehead atoms. The van der Waals surface area contributed by atoms with Crippen LogP contribution < -0.4 is 16.4 Å². The highest BCUT2D eigenvalue weighted by Gasteiger charge is 2.44. The number of nitrogens with one attached hydrogen (secondary N) is 2. The Kier molecular flexibility index (Phi) is 9.87. The second-order valence-electron chi connectivity index (χ2n) is 9.80. The van der Waals surface area contributed by atoms with Crippen LogP contribution in [0.25, 0.3) is 0 Å². The average molecular weight is 437 g/mol. The van der Waals surface area contributed by atoms with Gasteiger partial charge in [0.25, 0.3) is 5.91 Å². The molecule has 0 saturated carbocycles. The van der Waals surface area contributed by atoms with Crippen LogP contribution in [0.5, 0.6) is 0 Å². The highest BCUT2D eigenvalue weighted by atomic mass is 16.2. The zero-order valence-corrected chi connectivity index (χ0v) is 19.9. The zero-order chi connectivity index (χ0) is 23.9. The molecule has 1 aliphatic rings. The van der Waals surface area contributed by atoms with Crippen molar-refractivity contribution in [3.8, 4) is 0 Å². The van der Waals surface area contributed by atoms with E-state index in [9.17, 15) is 19.2 Å². The molecule has 176 valence electrons. The molecule has 3 amide bonds. The van der Waals surface area contributed by atoms with Crippen molar-refractivity contribution in [3.63, 3.8) is 0 Å². The second kappa shape index (κ2) is 11.4. The van der Waals surface area contributed by atoms with Gasteiger partial charge in [0.05, 0.1) is 12.1 Å². The minimum atomic E-state index is -0.936. The monoisotopic (exact) mass is 436 g/mol. The highest BCUT2D eigenvalue weighted by Crippen LogP contribution is 2.31. The van der Waals surface area contributed by atoms with Gasteiger partial charge in [-0.3, -0.25) is 19.2 Å². The molecule has 0 aromatic rings. The maximum Gasteiger partial charge on any atom is 0.289 e. The van der Waals surface area contributed by atoms with Crippen molar-refractivity contribution in [2.45, 2.75) is 78.9 Å². The van der Waals surface area contributed by atoms with Crippen LogP contribution in [-0.4, -0.2) is 59.6 Å². The van der Waals surface area contributed by atoms with E-state index in [0.29, 0.717) is 25.8 Å². The summed E-state index contributed by atoms with van der Waals surface area (Å²) in [5.41, 5.74) is 5.76. The van der Waals surface area contributed by atoms with Crippen molar-refractivity contribution in [3.05, 3.63) is 12.7 Å². The Bertz CT molecular complexity index is 684. The fourth-order valence-electron chi connectivity index (χ4n) is 3.63. The van der Waals surface area contributed by atoms with Crippen molar-refractivity contribution in [2.75, 3.05) is 13.1 Å². The summed E-state index contributed by atoms with van der Waals surface area (Å²) in [5, 5.41) is 5.18. The molecule has 1 heterocycles. The van der Waals surface area contributed by atoms with Crippen LogP contribution in [0.3, 0.4) is 0 Å². The Hall–Kier alpha value is -2.22. The molecule has 8 nitrogen and oxygen atoms in total. The maximum absolute atomic E-state index is 13.2. The molecule has 1 aliphatic heterocycles. The molecular formula is C23H40N4O4. The molecule has 0 radical (unpaired) electrons. The number of nitrogens with two attached hydrogens (primary N) is 1. The minimum absolute atomic E-state index is 0.156. The van der Waals surface area contributed by atoms with Gasteiger partial charge in [-0.05, 0) is 30.1 Å². The van der Waals surface area contributed by atoms with E-state index in [0.717, 1.165) is 0 Å². The number of carbonyl (C=O) groups is 4. The Morgan fingerprint density at radius 3 is 2.32 bits per heavy atom. The SMILES string of the molecule is C=CCNC(=O)C(=O)C(CCC)NC(=O)[C@@H]1CC(C(C)C)CN1C(=O)[C@@H](N)C(C)(C)C. The molecule has 0 spiro atoms. The Morgan fingerprint density at radius 1 is 1.23 bits per heavy atom. The molecule has 31 heavy (non-hydrogen) atoms. The standard InChI is InChI=1S/C23H40N4O4/c1-8-10-16(18(28)21(30)25-11-9-2)26-20(29)17-12-15(14(3)4)13-27(17)22(31)19(24)23(5,6)7/h9,14-17,19H,2,8,10-13,24H2,1,3-7H3,(H,25,30)(H,26,29)/t15?,16?,17-,19+/m0/s1. The quantitative estimate of drug-likeness (QED) is 0.353. The average Bonchev–Trinajstić information content (AvgIpc) is 3.15. The third-order valence-electron chi connectivity index (χ3n) is 5.90. The van der Waals surface area contributed by atoms with Gasteiger partial charge in [-0.15, -0.1) is 6.58 Å². The predicted octanol–water partition coefficient (Wildman–Crippen LogP) is 1.39. The van der Waals surface area contributed by atoms with Crippen molar-refractivity contribution >= 4 is 23.5 Å². The van der Waals surface area contributed by atoms with E-state index in [-0.39, 0.29) is 24.3 Å². The van der Waals surface area contributed by atoms with Crippen LogP contribution in [0.4, 0.5) is 0 Å². The number of amides is 3. The number of ketones is 1. The maximum atomic E-state index is 13.2. The summed E-state index contributed by atoms with van der Waals surface area (Å²) in [6.07, 6.45) is 2.93. The lowest BCUT2D eigenvalue weighted by Gasteiger charge is -2.33. The topological polar surface area (TPSA) is 122 Å². The fourth-order valence-corrected chi connectivity index (χ4v) is 3.63. The molecule has 4 atom stereocenters. The van der Waals surface area contributed by atoms with E-state index in [1.165, 1.54) is 6.08 Å². The third kappa shape index (κ3) is 7.16. The number of rotatable bonds is 10. The molecule has 0 aliphatic carbocycles. The second-order valence-corrected chi connectivity index (χ2v) is 9.80. The van der Waals surface area contributed by atoms with E-state index < -0.39 is 41.1 Å². The zero-order valence-electron chi connectivity index (χ0n) is 19.9. The third-order valence-corrected chi connectivity index (χ3v) is 5.90. The summed E-state index contributed by atoms with van der Waals surface area (Å²) in [5.74, 6) is -1.69. The normalized spacial score (nSPS) is 20.8. The first kappa shape index (κ1) is 26.8. The molecular weight excluding hydrogens is 396 g/mol. The molecule has 0 aromatic heterocycles. The van der Waals surface area contributed by atoms with Crippen LogP contribution >= 0.6 is 0 Å². The van der Waals surface area contributed by atoms with E-state index in [4.69, 9.17) is 5.73 Å². The van der Waals surface area contributed by atoms with Gasteiger partial charge < -0.3 is 21.3 Å². The molecule has 1 rings (SSSR count). The lowest BCUT2D eigenvalue weighted by molar-refractivity contribution is -0.143. The first-order valence-electron chi connectivity index (χ1n) is 11.1. The van der Waals surface area contributed by atoms with Crippen LogP contribution in [0.2, 0.25) is 0 Å². The molecule has 1 fully saturated rings. The highest BCUT2D eigenvalue weighted by molar-refractivity contribution is 6.38. The van der Waals surface area contributed by atoms with E-state index in [1.807, 2.05) is 27.7 Å². The molecule has 1 saturated heterocycles. The smallest absolute Gasteiger partial charge is 0.289 e. The summed E-state index contributed by atoms with van der Waals surface area (Å²) >= 11 is 0. The van der Waals surface area contributed by atoms with Gasteiger partial charge in [-0.1, -0.05) is 54.0 Å². The van der Waals surface area contributed by atoms with Crippen molar-refractivity contribution in [1.82, 2.24) is 15.5 Å². The van der Waals surface area contributed by atoms with Gasteiger partial charge in [-0.25, -0.2) is 0 Å². The van der Waals surface area contributed by atoms with Gasteiger partial charge in [0.15, 0.2) is 0 Å². The van der Waals surface area contributed by atoms with E-state index >= 15 is 0 Å². The Labute approximate surface area is 186 Å². The number of likely N-dealkylation sites (tertiary alicyclic amines) is 1. The minimum Gasteiger partial charge on any atom is -0.346 e. The number of nitrogens with zero attached hydrogens (tertiary/aromatic N) is 1. The number of hydrogen-bond acceptors (Lipinski definition) is 5. The molecule has 4 N–H and O–H groups in total. The first-order valence-corrected chi connectivity index (χ1v) is 11.1. The van der Waals surface area contributed by atoms with Crippen LogP contribution in [-0.2, 0) is 19.2 Å². The number of hydrogen-bond donors (Lipinski definition) is 3. The summed E-state index contributed by atoms with van der Waals surface area (Å²) in [4.78, 5) is 52.5. The molecule has 0 aromatic carbocycles. The van der Waals surface area contributed by atoms with Crippen molar-refractivity contribution in [2.24, 2.45) is 23.0 Å². The van der Waals surface area contributed by atoms with Crippen LogP contribution in [0.1, 0.15) is 60.8 Å². The summed E-state index contributed by atoms with van der Waals surface area (Å²) in [6, 6.07) is -2.39. The largest absolute Gasteiger partial charge is 0.346 e. The Balaban J connectivity index is 3.05. The van der Waals surface area contributed by atoms with Crippen molar-refractivity contribution in [1.29, 1.82) is 0 Å². The summed E-state index contributed by atoms with van der Waals surface area (Å²) < 4.78 is 0. The van der Waals surface area contributed by atoms with Crippen molar-refractivity contribution < 1.29 is 19.2 Å². The van der Waals surface area contributed by atoms with Crippen LogP contribution in [0.15, 0.2) is 12.7 Å². The van der Waals surface area contributed by atoms with Gasteiger partial charge in [0.1, 0.15) is 6.04 Å².